The number of nitrogens with two attached hydrogens (primary N) is 1. The minimum Gasteiger partial charge on any atom is -0.370 e. The molecule has 0 spiro atoms. The van der Waals surface area contributed by atoms with Gasteiger partial charge in [0.25, 0.3) is 5.91 Å². The van der Waals surface area contributed by atoms with Crippen LogP contribution in [0.1, 0.15) is 37.0 Å². The molecule has 7 heteroatoms. The van der Waals surface area contributed by atoms with E-state index < -0.39 is 17.9 Å². The first-order chi connectivity index (χ1) is 11.8. The molecule has 25 heavy (non-hydrogen) atoms. The molecule has 1 heterocycles. The van der Waals surface area contributed by atoms with E-state index >= 15 is 0 Å². The summed E-state index contributed by atoms with van der Waals surface area (Å²) < 4.78 is 0. The third-order valence-electron chi connectivity index (χ3n) is 4.31. The SMILES string of the molecule is C[C@@H]1C[C@@H](C)CN(C(=O)[C@@H](CC(N)=O)NC(=O)c2ccccc2Cl)C1. The van der Waals surface area contributed by atoms with E-state index in [9.17, 15) is 14.4 Å². The number of piperidine rings is 1. The van der Waals surface area contributed by atoms with Gasteiger partial charge in [-0.25, -0.2) is 0 Å². The van der Waals surface area contributed by atoms with Gasteiger partial charge in [0.05, 0.1) is 17.0 Å². The third-order valence-corrected chi connectivity index (χ3v) is 4.64. The molecule has 3 N–H and O–H groups in total. The highest BCUT2D eigenvalue weighted by atomic mass is 35.5. The summed E-state index contributed by atoms with van der Waals surface area (Å²) >= 11 is 6.03. The predicted octanol–water partition coefficient (Wildman–Crippen LogP) is 1.82. The number of likely N-dealkylation sites (tertiary alicyclic amines) is 1. The average Bonchev–Trinajstić information content (AvgIpc) is 2.52. The maximum absolute atomic E-state index is 12.8. The number of nitrogens with one attached hydrogen (secondary N) is 1. The molecule has 6 nitrogen and oxygen atoms in total. The van der Waals surface area contributed by atoms with Crippen LogP contribution in [0.25, 0.3) is 0 Å². The lowest BCUT2D eigenvalue weighted by Gasteiger charge is -2.37. The predicted molar refractivity (Wildman–Crippen MR) is 96.0 cm³/mol. The highest BCUT2D eigenvalue weighted by Crippen LogP contribution is 2.22. The zero-order chi connectivity index (χ0) is 18.6. The van der Waals surface area contributed by atoms with Gasteiger partial charge in [0, 0.05) is 13.1 Å². The van der Waals surface area contributed by atoms with E-state index in [4.69, 9.17) is 17.3 Å². The molecule has 1 aromatic carbocycles. The van der Waals surface area contributed by atoms with Gasteiger partial charge in [-0.15, -0.1) is 0 Å². The second-order valence-corrected chi connectivity index (χ2v) is 7.27. The Morgan fingerprint density at radius 2 is 1.84 bits per heavy atom. The Balaban J connectivity index is 2.15. The monoisotopic (exact) mass is 365 g/mol. The van der Waals surface area contributed by atoms with E-state index in [0.717, 1.165) is 6.42 Å². The average molecular weight is 366 g/mol. The number of rotatable bonds is 5. The molecule has 1 aromatic rings. The van der Waals surface area contributed by atoms with Crippen LogP contribution in [0.15, 0.2) is 24.3 Å². The summed E-state index contributed by atoms with van der Waals surface area (Å²) in [6.07, 6.45) is 0.810. The van der Waals surface area contributed by atoms with E-state index in [1.807, 2.05) is 0 Å². The number of primary amides is 1. The lowest BCUT2D eigenvalue weighted by molar-refractivity contribution is -0.137. The number of carbonyl (C=O) groups excluding carboxylic acids is 3. The van der Waals surface area contributed by atoms with Crippen molar-refractivity contribution in [3.63, 3.8) is 0 Å². The minimum atomic E-state index is -0.987. The van der Waals surface area contributed by atoms with Crippen LogP contribution >= 0.6 is 11.6 Å². The number of hydrogen-bond acceptors (Lipinski definition) is 3. The van der Waals surface area contributed by atoms with Crippen LogP contribution < -0.4 is 11.1 Å². The van der Waals surface area contributed by atoms with Gasteiger partial charge in [-0.3, -0.25) is 14.4 Å². The third kappa shape index (κ3) is 5.19. The molecule has 0 aromatic heterocycles. The van der Waals surface area contributed by atoms with Crippen LogP contribution in [-0.4, -0.2) is 41.8 Å². The molecule has 3 amide bonds. The van der Waals surface area contributed by atoms with E-state index in [1.165, 1.54) is 0 Å². The van der Waals surface area contributed by atoms with Gasteiger partial charge in [-0.2, -0.15) is 0 Å². The van der Waals surface area contributed by atoms with Crippen molar-refractivity contribution in [1.29, 1.82) is 0 Å². The zero-order valence-electron chi connectivity index (χ0n) is 14.5. The quantitative estimate of drug-likeness (QED) is 0.833. The van der Waals surface area contributed by atoms with Gasteiger partial charge in [0.1, 0.15) is 6.04 Å². The maximum Gasteiger partial charge on any atom is 0.253 e. The Bertz CT molecular complexity index is 655. The Labute approximate surface area is 152 Å². The highest BCUT2D eigenvalue weighted by molar-refractivity contribution is 6.33. The number of benzene rings is 1. The van der Waals surface area contributed by atoms with Crippen molar-refractivity contribution in [3.05, 3.63) is 34.9 Å². The summed E-state index contributed by atoms with van der Waals surface area (Å²) in [7, 11) is 0. The molecule has 136 valence electrons. The van der Waals surface area contributed by atoms with Crippen molar-refractivity contribution in [1.82, 2.24) is 10.2 Å². The van der Waals surface area contributed by atoms with E-state index in [-0.39, 0.29) is 22.9 Å². The van der Waals surface area contributed by atoms with Gasteiger partial charge in [0.2, 0.25) is 11.8 Å². The first kappa shape index (κ1) is 19.2. The van der Waals surface area contributed by atoms with Gasteiger partial charge in [-0.05, 0) is 30.4 Å². The number of nitrogens with zero attached hydrogens (tertiary/aromatic N) is 1. The summed E-state index contributed by atoms with van der Waals surface area (Å²) in [6.45, 7) is 5.39. The van der Waals surface area contributed by atoms with Crippen molar-refractivity contribution < 1.29 is 14.4 Å². The molecule has 1 aliphatic rings. The summed E-state index contributed by atoms with van der Waals surface area (Å²) in [5.41, 5.74) is 5.53. The Kier molecular flexibility index (Phi) is 6.42. The van der Waals surface area contributed by atoms with Crippen molar-refractivity contribution in [2.45, 2.75) is 32.7 Å². The van der Waals surface area contributed by atoms with Crippen LogP contribution in [0.5, 0.6) is 0 Å². The lowest BCUT2D eigenvalue weighted by Crippen LogP contribution is -2.53. The molecule has 1 aliphatic heterocycles. The fourth-order valence-corrected chi connectivity index (χ4v) is 3.57. The van der Waals surface area contributed by atoms with E-state index in [1.54, 1.807) is 29.2 Å². The van der Waals surface area contributed by atoms with Gasteiger partial charge < -0.3 is 16.0 Å². The molecule has 0 radical (unpaired) electrons. The summed E-state index contributed by atoms with van der Waals surface area (Å²) in [4.78, 5) is 38.4. The Hall–Kier alpha value is -2.08. The molecule has 2 rings (SSSR count). The molecule has 0 unspecified atom stereocenters. The fraction of sp³-hybridized carbons (Fsp3) is 0.500. The smallest absolute Gasteiger partial charge is 0.253 e. The Morgan fingerprint density at radius 3 is 2.40 bits per heavy atom. The summed E-state index contributed by atoms with van der Waals surface area (Å²) in [5.74, 6) is -0.667. The normalized spacial score (nSPS) is 21.5. The van der Waals surface area contributed by atoms with Crippen molar-refractivity contribution in [2.75, 3.05) is 13.1 Å². The van der Waals surface area contributed by atoms with Crippen LogP contribution in [0.3, 0.4) is 0 Å². The van der Waals surface area contributed by atoms with Crippen LogP contribution in [-0.2, 0) is 9.59 Å². The van der Waals surface area contributed by atoms with Crippen LogP contribution in [0, 0.1) is 11.8 Å². The maximum atomic E-state index is 12.8. The van der Waals surface area contributed by atoms with Crippen molar-refractivity contribution in [3.8, 4) is 0 Å². The first-order valence-electron chi connectivity index (χ1n) is 8.40. The number of carbonyl (C=O) groups is 3. The van der Waals surface area contributed by atoms with Crippen LogP contribution in [0.2, 0.25) is 5.02 Å². The first-order valence-corrected chi connectivity index (χ1v) is 8.78. The molecule has 3 atom stereocenters. The van der Waals surface area contributed by atoms with Crippen molar-refractivity contribution in [2.24, 2.45) is 17.6 Å². The van der Waals surface area contributed by atoms with Gasteiger partial charge in [-0.1, -0.05) is 37.6 Å². The zero-order valence-corrected chi connectivity index (χ0v) is 15.3. The van der Waals surface area contributed by atoms with Crippen molar-refractivity contribution >= 4 is 29.3 Å². The summed E-state index contributed by atoms with van der Waals surface area (Å²) in [5, 5.41) is 2.90. The number of hydrogen-bond donors (Lipinski definition) is 2. The largest absolute Gasteiger partial charge is 0.370 e. The Morgan fingerprint density at radius 1 is 1.24 bits per heavy atom. The molecular formula is C18H24ClN3O3. The van der Waals surface area contributed by atoms with Gasteiger partial charge >= 0.3 is 0 Å². The molecule has 0 aliphatic carbocycles. The second kappa shape index (κ2) is 8.34. The van der Waals surface area contributed by atoms with Gasteiger partial charge in [0.15, 0.2) is 0 Å². The molecule has 0 bridgehead atoms. The molecule has 0 saturated carbocycles. The highest BCUT2D eigenvalue weighted by Gasteiger charge is 2.32. The topological polar surface area (TPSA) is 92.5 Å². The lowest BCUT2D eigenvalue weighted by atomic mass is 9.91. The molecule has 1 fully saturated rings. The van der Waals surface area contributed by atoms with E-state index in [2.05, 4.69) is 19.2 Å². The number of halogens is 1. The second-order valence-electron chi connectivity index (χ2n) is 6.87. The van der Waals surface area contributed by atoms with E-state index in [0.29, 0.717) is 24.9 Å². The standard InChI is InChI=1S/C18H24ClN3O3/c1-11-7-12(2)10-22(9-11)18(25)15(8-16(20)23)21-17(24)13-5-3-4-6-14(13)19/h3-6,11-12,15H,7-10H2,1-2H3,(H2,20,23)(H,21,24)/t11-,12-,15-/m1/s1. The molecule has 1 saturated heterocycles. The molecular weight excluding hydrogens is 342 g/mol. The minimum absolute atomic E-state index is 0.242. The number of amides is 3. The fourth-order valence-electron chi connectivity index (χ4n) is 3.35. The summed E-state index contributed by atoms with van der Waals surface area (Å²) in [6, 6.07) is 5.56. The van der Waals surface area contributed by atoms with Crippen LogP contribution in [0.4, 0.5) is 0 Å².